The molecule has 1 aliphatic heterocycles. The highest BCUT2D eigenvalue weighted by atomic mass is 19.1. The number of ether oxygens (including phenoxy) is 1. The molecule has 0 saturated carbocycles. The summed E-state index contributed by atoms with van der Waals surface area (Å²) in [5.41, 5.74) is -0.590. The molecule has 1 saturated heterocycles. The van der Waals surface area contributed by atoms with Crippen molar-refractivity contribution in [3.63, 3.8) is 0 Å². The maximum atomic E-state index is 15.4. The average Bonchev–Trinajstić information content (AvgIpc) is 2.74. The Hall–Kier alpha value is -3.07. The first-order valence-electron chi connectivity index (χ1n) is 9.95. The molecule has 30 heavy (non-hydrogen) atoms. The van der Waals surface area contributed by atoms with E-state index in [1.165, 1.54) is 18.3 Å². The van der Waals surface area contributed by atoms with Crippen LogP contribution in [-0.4, -0.2) is 48.3 Å². The van der Waals surface area contributed by atoms with E-state index in [-0.39, 0.29) is 39.8 Å². The molecule has 1 N–H and O–H groups in total. The maximum absolute atomic E-state index is 15.4. The fourth-order valence-electron chi connectivity index (χ4n) is 3.81. The van der Waals surface area contributed by atoms with Gasteiger partial charge in [0, 0.05) is 44.3 Å². The number of aryl methyl sites for hydroxylation is 1. The Kier molecular flexibility index (Phi) is 5.38. The molecule has 7 nitrogen and oxygen atoms in total. The van der Waals surface area contributed by atoms with E-state index < -0.39 is 23.0 Å². The van der Waals surface area contributed by atoms with Crippen molar-refractivity contribution >= 4 is 33.6 Å². The number of hydrogen-bond acceptors (Lipinski definition) is 6. The molecule has 0 aliphatic carbocycles. The summed E-state index contributed by atoms with van der Waals surface area (Å²) in [6.45, 7) is 6.22. The Labute approximate surface area is 171 Å². The molecule has 0 unspecified atom stereocenters. The van der Waals surface area contributed by atoms with Crippen molar-refractivity contribution in [1.82, 2.24) is 14.9 Å². The van der Waals surface area contributed by atoms with Crippen molar-refractivity contribution in [2.75, 3.05) is 37.7 Å². The maximum Gasteiger partial charge on any atom is 0.343 e. The number of pyridine rings is 2. The van der Waals surface area contributed by atoms with Crippen LogP contribution in [0.3, 0.4) is 0 Å². The van der Waals surface area contributed by atoms with Gasteiger partial charge in [-0.2, -0.15) is 0 Å². The van der Waals surface area contributed by atoms with Gasteiger partial charge < -0.3 is 19.5 Å². The number of benzene rings is 1. The van der Waals surface area contributed by atoms with Crippen LogP contribution in [-0.2, 0) is 11.3 Å². The SMILES string of the molecule is CCOC(=O)c1cn(CC)c2nc3c(F)c(N4CCNCC4)c(F)cc3cc2c1=O. The number of nitrogens with zero attached hydrogens (tertiary/aromatic N) is 3. The van der Waals surface area contributed by atoms with E-state index in [9.17, 15) is 14.0 Å². The standard InChI is InChI=1S/C21H22F2N4O3/c1-3-26-11-14(21(29)30-4-2)19(28)13-9-12-10-15(22)18(27-7-5-24-6-8-27)16(23)17(12)25-20(13)26/h9-11,24H,3-8H2,1-2H3. The molecular formula is C21H22F2N4O3. The smallest absolute Gasteiger partial charge is 0.343 e. The molecule has 1 fully saturated rings. The molecule has 4 rings (SSSR count). The van der Waals surface area contributed by atoms with Gasteiger partial charge in [0.2, 0.25) is 5.43 Å². The lowest BCUT2D eigenvalue weighted by molar-refractivity contribution is 0.0524. The highest BCUT2D eigenvalue weighted by Crippen LogP contribution is 2.31. The summed E-state index contributed by atoms with van der Waals surface area (Å²) in [5, 5.41) is 3.43. The van der Waals surface area contributed by atoms with Gasteiger partial charge in [0.1, 0.15) is 28.2 Å². The molecule has 0 spiro atoms. The number of carbonyl (C=O) groups is 1. The summed E-state index contributed by atoms with van der Waals surface area (Å²) < 4.78 is 36.7. The number of halogens is 2. The van der Waals surface area contributed by atoms with Gasteiger partial charge in [0.05, 0.1) is 12.0 Å². The van der Waals surface area contributed by atoms with Crippen molar-refractivity contribution in [1.29, 1.82) is 0 Å². The van der Waals surface area contributed by atoms with Crippen LogP contribution in [0.15, 0.2) is 23.1 Å². The summed E-state index contributed by atoms with van der Waals surface area (Å²) >= 11 is 0. The minimum absolute atomic E-state index is 0.0112. The molecule has 1 aliphatic rings. The van der Waals surface area contributed by atoms with E-state index in [4.69, 9.17) is 4.74 Å². The Bertz CT molecular complexity index is 1200. The van der Waals surface area contributed by atoms with Crippen LogP contribution in [0.2, 0.25) is 0 Å². The molecule has 158 valence electrons. The second kappa shape index (κ2) is 7.98. The van der Waals surface area contributed by atoms with Crippen LogP contribution >= 0.6 is 0 Å². The van der Waals surface area contributed by atoms with Crippen LogP contribution in [0.1, 0.15) is 24.2 Å². The van der Waals surface area contributed by atoms with Crippen LogP contribution in [0, 0.1) is 11.6 Å². The van der Waals surface area contributed by atoms with Gasteiger partial charge >= 0.3 is 5.97 Å². The zero-order valence-electron chi connectivity index (χ0n) is 16.8. The summed E-state index contributed by atoms with van der Waals surface area (Å²) in [4.78, 5) is 31.1. The Morgan fingerprint density at radius 1 is 1.23 bits per heavy atom. The minimum atomic E-state index is -0.752. The number of anilines is 1. The van der Waals surface area contributed by atoms with Gasteiger partial charge in [-0.15, -0.1) is 0 Å². The lowest BCUT2D eigenvalue weighted by Gasteiger charge is -2.30. The van der Waals surface area contributed by atoms with Crippen LogP contribution < -0.4 is 15.6 Å². The van der Waals surface area contributed by atoms with E-state index in [1.54, 1.807) is 16.4 Å². The van der Waals surface area contributed by atoms with Gasteiger partial charge in [-0.3, -0.25) is 4.79 Å². The van der Waals surface area contributed by atoms with Crippen LogP contribution in [0.4, 0.5) is 14.5 Å². The number of nitrogens with one attached hydrogen (secondary N) is 1. The molecule has 0 atom stereocenters. The molecule has 1 aromatic carbocycles. The van der Waals surface area contributed by atoms with Crippen molar-refractivity contribution in [2.45, 2.75) is 20.4 Å². The quantitative estimate of drug-likeness (QED) is 0.520. The second-order valence-corrected chi connectivity index (χ2v) is 7.07. The lowest BCUT2D eigenvalue weighted by atomic mass is 10.1. The second-order valence-electron chi connectivity index (χ2n) is 7.07. The molecular weight excluding hydrogens is 394 g/mol. The molecule has 9 heteroatoms. The first-order valence-corrected chi connectivity index (χ1v) is 9.95. The van der Waals surface area contributed by atoms with E-state index in [2.05, 4.69) is 10.3 Å². The summed E-state index contributed by atoms with van der Waals surface area (Å²) in [7, 11) is 0. The van der Waals surface area contributed by atoms with Gasteiger partial charge in [-0.05, 0) is 26.0 Å². The zero-order valence-corrected chi connectivity index (χ0v) is 16.8. The Morgan fingerprint density at radius 3 is 2.63 bits per heavy atom. The number of rotatable bonds is 4. The van der Waals surface area contributed by atoms with E-state index in [1.807, 2.05) is 6.92 Å². The third kappa shape index (κ3) is 3.28. The first-order chi connectivity index (χ1) is 14.5. The van der Waals surface area contributed by atoms with E-state index in [0.717, 1.165) is 0 Å². The van der Waals surface area contributed by atoms with Crippen LogP contribution in [0.25, 0.3) is 21.9 Å². The van der Waals surface area contributed by atoms with Crippen molar-refractivity contribution < 1.29 is 18.3 Å². The summed E-state index contributed by atoms with van der Waals surface area (Å²) in [5.74, 6) is -2.20. The Balaban J connectivity index is 1.98. The number of aromatic nitrogens is 2. The Morgan fingerprint density at radius 2 is 1.97 bits per heavy atom. The van der Waals surface area contributed by atoms with E-state index in [0.29, 0.717) is 32.7 Å². The molecule has 0 bridgehead atoms. The predicted molar refractivity (Wildman–Crippen MR) is 110 cm³/mol. The third-order valence-corrected chi connectivity index (χ3v) is 5.27. The van der Waals surface area contributed by atoms with Gasteiger partial charge in [-0.25, -0.2) is 18.6 Å². The zero-order chi connectivity index (χ0) is 21.4. The number of carbonyl (C=O) groups excluding carboxylic acids is 1. The molecule has 3 heterocycles. The lowest BCUT2D eigenvalue weighted by Crippen LogP contribution is -2.44. The monoisotopic (exact) mass is 416 g/mol. The largest absolute Gasteiger partial charge is 0.462 e. The van der Waals surface area contributed by atoms with Crippen molar-refractivity contribution in [3.8, 4) is 0 Å². The number of esters is 1. The molecule has 0 amide bonds. The number of fused-ring (bicyclic) bond motifs is 2. The molecule has 2 aromatic heterocycles. The highest BCUT2D eigenvalue weighted by molar-refractivity contribution is 5.97. The molecule has 0 radical (unpaired) electrons. The number of hydrogen-bond donors (Lipinski definition) is 1. The van der Waals surface area contributed by atoms with Gasteiger partial charge in [-0.1, -0.05) is 0 Å². The van der Waals surface area contributed by atoms with Gasteiger partial charge in [0.25, 0.3) is 0 Å². The first kappa shape index (κ1) is 20.2. The minimum Gasteiger partial charge on any atom is -0.462 e. The summed E-state index contributed by atoms with van der Waals surface area (Å²) in [6.07, 6.45) is 1.38. The fraction of sp³-hybridized carbons (Fsp3) is 0.381. The van der Waals surface area contributed by atoms with Crippen LogP contribution in [0.5, 0.6) is 0 Å². The number of piperazine rings is 1. The van der Waals surface area contributed by atoms with E-state index >= 15 is 4.39 Å². The summed E-state index contributed by atoms with van der Waals surface area (Å²) in [6, 6.07) is 2.58. The topological polar surface area (TPSA) is 76.5 Å². The predicted octanol–water partition coefficient (Wildman–Crippen LogP) is 2.43. The highest BCUT2D eigenvalue weighted by Gasteiger charge is 2.24. The van der Waals surface area contributed by atoms with Crippen molar-refractivity contribution in [3.05, 3.63) is 45.8 Å². The average molecular weight is 416 g/mol. The van der Waals surface area contributed by atoms with Gasteiger partial charge in [0.15, 0.2) is 5.82 Å². The third-order valence-electron chi connectivity index (χ3n) is 5.27. The van der Waals surface area contributed by atoms with Crippen molar-refractivity contribution in [2.24, 2.45) is 0 Å². The normalized spacial score (nSPS) is 14.5. The fourth-order valence-corrected chi connectivity index (χ4v) is 3.81. The molecule has 3 aromatic rings.